The minimum atomic E-state index is -1.03. The van der Waals surface area contributed by atoms with Gasteiger partial charge in [-0.1, -0.05) is 11.6 Å². The van der Waals surface area contributed by atoms with E-state index in [1.54, 1.807) is 24.6 Å². The predicted molar refractivity (Wildman–Crippen MR) is 89.1 cm³/mol. The molecule has 0 aromatic carbocycles. The highest BCUT2D eigenvalue weighted by Gasteiger charge is 2.20. The molecule has 0 N–H and O–H groups in total. The molecule has 0 spiro atoms. The van der Waals surface area contributed by atoms with E-state index in [1.807, 2.05) is 6.92 Å². The molecular formula is C14H17ClN4O3S. The van der Waals surface area contributed by atoms with Gasteiger partial charge < -0.3 is 10.1 Å². The van der Waals surface area contributed by atoms with E-state index in [0.29, 0.717) is 28.4 Å². The van der Waals surface area contributed by atoms with Crippen molar-refractivity contribution < 1.29 is 13.7 Å². The summed E-state index contributed by atoms with van der Waals surface area (Å²) in [5, 5.41) is 15.7. The van der Waals surface area contributed by atoms with Crippen LogP contribution in [0.25, 0.3) is 5.69 Å². The molecule has 2 rings (SSSR count). The number of nitrogens with zero attached hydrogens (tertiary/aromatic N) is 4. The maximum absolute atomic E-state index is 12.3. The topological polar surface area (TPSA) is 82.1 Å². The molecule has 124 valence electrons. The first-order valence-corrected chi connectivity index (χ1v) is 9.07. The average molecular weight is 357 g/mol. The third-order valence-corrected chi connectivity index (χ3v) is 4.24. The number of amides is 1. The van der Waals surface area contributed by atoms with Crippen molar-refractivity contribution in [2.75, 3.05) is 23.5 Å². The second kappa shape index (κ2) is 7.56. The minimum Gasteiger partial charge on any atom is -0.619 e. The number of anilines is 1. The highest BCUT2D eigenvalue weighted by molar-refractivity contribution is 7.84. The van der Waals surface area contributed by atoms with Gasteiger partial charge in [-0.2, -0.15) is 9.83 Å². The van der Waals surface area contributed by atoms with Gasteiger partial charge in [-0.3, -0.25) is 9.00 Å². The van der Waals surface area contributed by atoms with E-state index < -0.39 is 10.8 Å². The van der Waals surface area contributed by atoms with Gasteiger partial charge in [0.15, 0.2) is 11.3 Å². The molecule has 0 saturated carbocycles. The predicted octanol–water partition coefficient (Wildman–Crippen LogP) is 1.28. The Morgan fingerprint density at radius 2 is 2.30 bits per heavy atom. The van der Waals surface area contributed by atoms with Gasteiger partial charge in [-0.25, -0.2) is 4.68 Å². The smallest absolute Gasteiger partial charge is 0.228 e. The first kappa shape index (κ1) is 17.4. The summed E-state index contributed by atoms with van der Waals surface area (Å²) in [4.78, 5) is 13.8. The van der Waals surface area contributed by atoms with Crippen molar-refractivity contribution in [3.63, 3.8) is 0 Å². The van der Waals surface area contributed by atoms with Crippen LogP contribution in [0.3, 0.4) is 0 Å². The van der Waals surface area contributed by atoms with Crippen molar-refractivity contribution in [1.29, 1.82) is 0 Å². The zero-order valence-electron chi connectivity index (χ0n) is 12.8. The molecule has 2 aromatic heterocycles. The molecule has 0 aliphatic carbocycles. The van der Waals surface area contributed by atoms with Crippen LogP contribution in [0.15, 0.2) is 30.7 Å². The second-order valence-corrected chi connectivity index (χ2v) is 6.75. The number of halogens is 1. The number of pyridine rings is 1. The number of hydrogen-bond acceptors (Lipinski definition) is 4. The fourth-order valence-electron chi connectivity index (χ4n) is 2.08. The molecule has 0 fully saturated rings. The lowest BCUT2D eigenvalue weighted by Crippen LogP contribution is -2.31. The molecule has 0 aliphatic heterocycles. The highest BCUT2D eigenvalue weighted by Crippen LogP contribution is 2.26. The molecule has 0 radical (unpaired) electrons. The molecule has 1 unspecified atom stereocenters. The Kier molecular flexibility index (Phi) is 5.73. The van der Waals surface area contributed by atoms with E-state index >= 15 is 0 Å². The molecule has 1 amide bonds. The standard InChI is InChI=1S/C14H17ClN4O3S/c1-3-18(13(20)6-8-23(2)22)12-10-19(16-14(12)15)11-5-4-7-17(21)9-11/h4-5,7,9-10H,3,6,8H2,1-2H3. The molecule has 9 heteroatoms. The molecule has 1 atom stereocenters. The molecular weight excluding hydrogens is 340 g/mol. The van der Waals surface area contributed by atoms with Gasteiger partial charge in [0.05, 0.1) is 6.20 Å². The van der Waals surface area contributed by atoms with Crippen LogP contribution in [0.4, 0.5) is 5.69 Å². The van der Waals surface area contributed by atoms with Crippen LogP contribution >= 0.6 is 11.6 Å². The summed E-state index contributed by atoms with van der Waals surface area (Å²) in [6, 6.07) is 3.30. The van der Waals surface area contributed by atoms with Gasteiger partial charge in [0, 0.05) is 41.8 Å². The number of aromatic nitrogens is 3. The molecule has 2 aromatic rings. The Morgan fingerprint density at radius 3 is 2.91 bits per heavy atom. The monoisotopic (exact) mass is 356 g/mol. The maximum Gasteiger partial charge on any atom is 0.228 e. The number of rotatable bonds is 6. The molecule has 0 aliphatic rings. The third-order valence-electron chi connectivity index (χ3n) is 3.19. The van der Waals surface area contributed by atoms with Crippen LogP contribution in [-0.2, 0) is 15.6 Å². The average Bonchev–Trinajstić information content (AvgIpc) is 2.88. The van der Waals surface area contributed by atoms with Gasteiger partial charge in [0.25, 0.3) is 0 Å². The lowest BCUT2D eigenvalue weighted by molar-refractivity contribution is -0.605. The Balaban J connectivity index is 2.28. The molecule has 0 bridgehead atoms. The maximum atomic E-state index is 12.3. The minimum absolute atomic E-state index is 0.166. The summed E-state index contributed by atoms with van der Waals surface area (Å²) in [7, 11) is -1.03. The first-order chi connectivity index (χ1) is 10.9. The lowest BCUT2D eigenvalue weighted by atomic mass is 10.3. The SMILES string of the molecule is CCN(C(=O)CCS(C)=O)c1cn(-c2ccc[n+]([O-])c2)nc1Cl. The van der Waals surface area contributed by atoms with Gasteiger partial charge in [0.2, 0.25) is 12.1 Å². The van der Waals surface area contributed by atoms with Crippen molar-refractivity contribution >= 4 is 34.0 Å². The first-order valence-electron chi connectivity index (χ1n) is 6.97. The summed E-state index contributed by atoms with van der Waals surface area (Å²) < 4.78 is 13.3. The fraction of sp³-hybridized carbons (Fsp3) is 0.357. The Morgan fingerprint density at radius 1 is 1.57 bits per heavy atom. The summed E-state index contributed by atoms with van der Waals surface area (Å²) in [6.07, 6.45) is 6.04. The normalized spacial score (nSPS) is 12.1. The Hall–Kier alpha value is -1.93. The van der Waals surface area contributed by atoms with E-state index in [2.05, 4.69) is 5.10 Å². The quantitative estimate of drug-likeness (QED) is 0.576. The van der Waals surface area contributed by atoms with E-state index in [1.165, 1.54) is 22.0 Å². The molecule has 23 heavy (non-hydrogen) atoms. The van der Waals surface area contributed by atoms with Gasteiger partial charge in [0.1, 0.15) is 11.4 Å². The number of carbonyl (C=O) groups is 1. The summed E-state index contributed by atoms with van der Waals surface area (Å²) >= 11 is 6.14. The summed E-state index contributed by atoms with van der Waals surface area (Å²) in [6.45, 7) is 2.24. The van der Waals surface area contributed by atoms with E-state index in [4.69, 9.17) is 11.6 Å². The van der Waals surface area contributed by atoms with E-state index in [-0.39, 0.29) is 17.5 Å². The van der Waals surface area contributed by atoms with E-state index in [0.717, 1.165) is 0 Å². The Bertz CT molecular complexity index is 735. The van der Waals surface area contributed by atoms with Crippen LogP contribution in [0, 0.1) is 5.21 Å². The number of hydrogen-bond donors (Lipinski definition) is 0. The van der Waals surface area contributed by atoms with Crippen molar-refractivity contribution in [3.8, 4) is 5.69 Å². The molecule has 2 heterocycles. The zero-order valence-corrected chi connectivity index (χ0v) is 14.4. The zero-order chi connectivity index (χ0) is 17.0. The van der Waals surface area contributed by atoms with Gasteiger partial charge in [-0.15, -0.1) is 0 Å². The molecule has 7 nitrogen and oxygen atoms in total. The van der Waals surface area contributed by atoms with Crippen molar-refractivity contribution in [1.82, 2.24) is 9.78 Å². The highest BCUT2D eigenvalue weighted by atomic mass is 35.5. The van der Waals surface area contributed by atoms with Crippen molar-refractivity contribution in [2.24, 2.45) is 0 Å². The summed E-state index contributed by atoms with van der Waals surface area (Å²) in [5.41, 5.74) is 0.996. The van der Waals surface area contributed by atoms with Crippen LogP contribution in [0.5, 0.6) is 0 Å². The van der Waals surface area contributed by atoms with Crippen LogP contribution in [0.1, 0.15) is 13.3 Å². The molecule has 0 saturated heterocycles. The summed E-state index contributed by atoms with van der Waals surface area (Å²) in [5.74, 6) is 0.131. The van der Waals surface area contributed by atoms with Gasteiger partial charge in [-0.05, 0) is 13.0 Å². The second-order valence-electron chi connectivity index (χ2n) is 4.84. The Labute approximate surface area is 141 Å². The van der Waals surface area contributed by atoms with Gasteiger partial charge >= 0.3 is 0 Å². The largest absolute Gasteiger partial charge is 0.619 e. The number of carbonyl (C=O) groups excluding carboxylic acids is 1. The van der Waals surface area contributed by atoms with Crippen molar-refractivity contribution in [2.45, 2.75) is 13.3 Å². The van der Waals surface area contributed by atoms with Crippen LogP contribution in [-0.4, -0.2) is 38.4 Å². The third kappa shape index (κ3) is 4.29. The van der Waals surface area contributed by atoms with Crippen LogP contribution < -0.4 is 9.63 Å². The lowest BCUT2D eigenvalue weighted by Gasteiger charge is -2.19. The fourth-order valence-corrected chi connectivity index (χ4v) is 2.78. The van der Waals surface area contributed by atoms with Crippen molar-refractivity contribution in [3.05, 3.63) is 41.1 Å². The van der Waals surface area contributed by atoms with Crippen LogP contribution in [0.2, 0.25) is 5.15 Å². The van der Waals surface area contributed by atoms with E-state index in [9.17, 15) is 14.2 Å².